The third kappa shape index (κ3) is 2.52. The predicted molar refractivity (Wildman–Crippen MR) is 57.2 cm³/mol. The SMILES string of the molecule is NCC(c1cccs1)C(O)C(N)CO. The van der Waals surface area contributed by atoms with Crippen molar-refractivity contribution in [3.8, 4) is 0 Å². The molecular formula is C9H16N2O2S. The molecule has 5 heteroatoms. The highest BCUT2D eigenvalue weighted by Gasteiger charge is 2.25. The van der Waals surface area contributed by atoms with Gasteiger partial charge in [0.15, 0.2) is 0 Å². The Labute approximate surface area is 87.2 Å². The highest BCUT2D eigenvalue weighted by molar-refractivity contribution is 7.10. The lowest BCUT2D eigenvalue weighted by atomic mass is 9.95. The van der Waals surface area contributed by atoms with Crippen LogP contribution >= 0.6 is 11.3 Å². The fraction of sp³-hybridized carbons (Fsp3) is 0.556. The van der Waals surface area contributed by atoms with E-state index in [0.29, 0.717) is 6.54 Å². The molecule has 0 aromatic carbocycles. The van der Waals surface area contributed by atoms with E-state index >= 15 is 0 Å². The second-order valence-corrected chi connectivity index (χ2v) is 4.17. The van der Waals surface area contributed by atoms with Crippen molar-refractivity contribution < 1.29 is 10.2 Å². The van der Waals surface area contributed by atoms with Gasteiger partial charge in [-0.15, -0.1) is 11.3 Å². The highest BCUT2D eigenvalue weighted by atomic mass is 32.1. The van der Waals surface area contributed by atoms with Gasteiger partial charge in [0, 0.05) is 17.3 Å². The van der Waals surface area contributed by atoms with Crippen LogP contribution in [0.2, 0.25) is 0 Å². The summed E-state index contributed by atoms with van der Waals surface area (Å²) in [6, 6.07) is 3.18. The molecule has 0 saturated carbocycles. The van der Waals surface area contributed by atoms with Gasteiger partial charge in [-0.2, -0.15) is 0 Å². The quantitative estimate of drug-likeness (QED) is 0.532. The van der Waals surface area contributed by atoms with Crippen molar-refractivity contribution >= 4 is 11.3 Å². The molecule has 1 rings (SSSR count). The Morgan fingerprint density at radius 2 is 2.21 bits per heavy atom. The van der Waals surface area contributed by atoms with Crippen LogP contribution in [0.1, 0.15) is 10.8 Å². The third-order valence-electron chi connectivity index (χ3n) is 2.22. The molecule has 0 aliphatic carbocycles. The van der Waals surface area contributed by atoms with Gasteiger partial charge >= 0.3 is 0 Å². The summed E-state index contributed by atoms with van der Waals surface area (Å²) in [5.74, 6) is -0.183. The Morgan fingerprint density at radius 1 is 1.50 bits per heavy atom. The van der Waals surface area contributed by atoms with Gasteiger partial charge in [-0.05, 0) is 11.4 Å². The van der Waals surface area contributed by atoms with Gasteiger partial charge in [0.25, 0.3) is 0 Å². The second kappa shape index (κ2) is 5.43. The summed E-state index contributed by atoms with van der Waals surface area (Å²) < 4.78 is 0. The monoisotopic (exact) mass is 216 g/mol. The number of hydrogen-bond acceptors (Lipinski definition) is 5. The summed E-state index contributed by atoms with van der Waals surface area (Å²) in [7, 11) is 0. The van der Waals surface area contributed by atoms with E-state index in [2.05, 4.69) is 0 Å². The Balaban J connectivity index is 2.72. The molecule has 6 N–H and O–H groups in total. The Kier molecular flexibility index (Phi) is 4.50. The van der Waals surface area contributed by atoms with E-state index in [-0.39, 0.29) is 12.5 Å². The molecule has 0 spiro atoms. The summed E-state index contributed by atoms with van der Waals surface area (Å²) in [5.41, 5.74) is 11.1. The molecule has 4 nitrogen and oxygen atoms in total. The molecule has 0 radical (unpaired) electrons. The minimum atomic E-state index is -0.788. The molecule has 0 bridgehead atoms. The zero-order valence-corrected chi connectivity index (χ0v) is 8.65. The number of aliphatic hydroxyl groups excluding tert-OH is 2. The average molecular weight is 216 g/mol. The normalized spacial score (nSPS) is 17.7. The zero-order chi connectivity index (χ0) is 10.6. The smallest absolute Gasteiger partial charge is 0.0801 e. The molecule has 0 aliphatic heterocycles. The van der Waals surface area contributed by atoms with Crippen LogP contribution < -0.4 is 11.5 Å². The van der Waals surface area contributed by atoms with Gasteiger partial charge in [-0.3, -0.25) is 0 Å². The maximum absolute atomic E-state index is 9.79. The lowest BCUT2D eigenvalue weighted by Gasteiger charge is -2.24. The first kappa shape index (κ1) is 11.6. The van der Waals surface area contributed by atoms with E-state index in [1.807, 2.05) is 17.5 Å². The Hall–Kier alpha value is -0.460. The first-order valence-corrected chi connectivity index (χ1v) is 5.36. The zero-order valence-electron chi connectivity index (χ0n) is 7.84. The van der Waals surface area contributed by atoms with Crippen molar-refractivity contribution in [3.63, 3.8) is 0 Å². The van der Waals surface area contributed by atoms with Crippen molar-refractivity contribution in [2.75, 3.05) is 13.2 Å². The molecule has 3 unspecified atom stereocenters. The maximum Gasteiger partial charge on any atom is 0.0801 e. The number of rotatable bonds is 5. The largest absolute Gasteiger partial charge is 0.395 e. The summed E-state index contributed by atoms with van der Waals surface area (Å²) in [6.45, 7) is 0.0957. The maximum atomic E-state index is 9.79. The molecule has 0 saturated heterocycles. The molecular weight excluding hydrogens is 200 g/mol. The van der Waals surface area contributed by atoms with E-state index < -0.39 is 12.1 Å². The van der Waals surface area contributed by atoms with Crippen molar-refractivity contribution in [1.29, 1.82) is 0 Å². The first-order valence-electron chi connectivity index (χ1n) is 4.48. The van der Waals surface area contributed by atoms with E-state index in [9.17, 15) is 5.11 Å². The molecule has 1 aromatic heterocycles. The topological polar surface area (TPSA) is 92.5 Å². The molecule has 0 fully saturated rings. The minimum absolute atomic E-state index is 0.183. The van der Waals surface area contributed by atoms with E-state index in [0.717, 1.165) is 4.88 Å². The van der Waals surface area contributed by atoms with Crippen LogP contribution in [0, 0.1) is 0 Å². The predicted octanol–water partition coefficient (Wildman–Crippen LogP) is -0.529. The van der Waals surface area contributed by atoms with E-state index in [1.165, 1.54) is 11.3 Å². The van der Waals surface area contributed by atoms with Crippen LogP contribution in [-0.2, 0) is 0 Å². The van der Waals surface area contributed by atoms with Crippen LogP contribution in [-0.4, -0.2) is 35.5 Å². The first-order chi connectivity index (χ1) is 6.70. The lowest BCUT2D eigenvalue weighted by Crippen LogP contribution is -2.43. The molecule has 3 atom stereocenters. The average Bonchev–Trinajstić information content (AvgIpc) is 2.71. The molecule has 1 heterocycles. The number of hydrogen-bond donors (Lipinski definition) is 4. The molecule has 0 aliphatic rings. The van der Waals surface area contributed by atoms with Crippen molar-refractivity contribution in [2.24, 2.45) is 11.5 Å². The number of nitrogens with two attached hydrogens (primary N) is 2. The van der Waals surface area contributed by atoms with Crippen LogP contribution in [0.3, 0.4) is 0 Å². The van der Waals surface area contributed by atoms with Crippen LogP contribution in [0.15, 0.2) is 17.5 Å². The van der Waals surface area contributed by atoms with Crippen molar-refractivity contribution in [3.05, 3.63) is 22.4 Å². The lowest BCUT2D eigenvalue weighted by molar-refractivity contribution is 0.0882. The van der Waals surface area contributed by atoms with Crippen molar-refractivity contribution in [2.45, 2.75) is 18.1 Å². The van der Waals surface area contributed by atoms with E-state index in [1.54, 1.807) is 0 Å². The molecule has 1 aromatic rings. The van der Waals surface area contributed by atoms with Crippen LogP contribution in [0.4, 0.5) is 0 Å². The molecule has 80 valence electrons. The minimum Gasteiger partial charge on any atom is -0.395 e. The van der Waals surface area contributed by atoms with Gasteiger partial charge in [0.1, 0.15) is 0 Å². The standard InChI is InChI=1S/C9H16N2O2S/c10-4-6(8-2-1-3-14-8)9(13)7(11)5-12/h1-3,6-7,9,12-13H,4-5,10-11H2. The molecule has 14 heavy (non-hydrogen) atoms. The number of aliphatic hydroxyl groups is 2. The second-order valence-electron chi connectivity index (χ2n) is 3.19. The molecule has 0 amide bonds. The summed E-state index contributed by atoms with van der Waals surface area (Å²) in [6.07, 6.45) is -0.788. The van der Waals surface area contributed by atoms with Crippen molar-refractivity contribution in [1.82, 2.24) is 0 Å². The number of thiophene rings is 1. The fourth-order valence-corrected chi connectivity index (χ4v) is 2.21. The van der Waals surface area contributed by atoms with Gasteiger partial charge in [0.05, 0.1) is 18.8 Å². The fourth-order valence-electron chi connectivity index (χ4n) is 1.33. The van der Waals surface area contributed by atoms with Crippen LogP contribution in [0.5, 0.6) is 0 Å². The summed E-state index contributed by atoms with van der Waals surface area (Å²) in [5, 5.41) is 20.5. The third-order valence-corrected chi connectivity index (χ3v) is 3.23. The van der Waals surface area contributed by atoms with E-state index in [4.69, 9.17) is 16.6 Å². The Bertz CT molecular complexity index is 253. The summed E-state index contributed by atoms with van der Waals surface area (Å²) in [4.78, 5) is 1.00. The van der Waals surface area contributed by atoms with Gasteiger partial charge in [0.2, 0.25) is 0 Å². The Morgan fingerprint density at radius 3 is 2.64 bits per heavy atom. The van der Waals surface area contributed by atoms with Gasteiger partial charge in [-0.1, -0.05) is 6.07 Å². The van der Waals surface area contributed by atoms with Crippen LogP contribution in [0.25, 0.3) is 0 Å². The van der Waals surface area contributed by atoms with Gasteiger partial charge < -0.3 is 21.7 Å². The highest BCUT2D eigenvalue weighted by Crippen LogP contribution is 2.24. The summed E-state index contributed by atoms with van der Waals surface area (Å²) >= 11 is 1.53. The van der Waals surface area contributed by atoms with Gasteiger partial charge in [-0.25, -0.2) is 0 Å².